The van der Waals surface area contributed by atoms with E-state index in [1.807, 2.05) is 24.3 Å². The predicted octanol–water partition coefficient (Wildman–Crippen LogP) is 3.38. The van der Waals surface area contributed by atoms with Gasteiger partial charge in [0, 0.05) is 11.9 Å². The van der Waals surface area contributed by atoms with Crippen LogP contribution in [0.25, 0.3) is 0 Å². The Kier molecular flexibility index (Phi) is 3.73. The van der Waals surface area contributed by atoms with E-state index in [0.29, 0.717) is 5.75 Å². The van der Waals surface area contributed by atoms with Crippen molar-refractivity contribution in [3.8, 4) is 6.07 Å². The molecule has 17 heavy (non-hydrogen) atoms. The molecule has 2 nitrogen and oxygen atoms in total. The number of rotatable bonds is 3. The summed E-state index contributed by atoms with van der Waals surface area (Å²) in [7, 11) is 0. The van der Waals surface area contributed by atoms with Gasteiger partial charge in [0.25, 0.3) is 0 Å². The molecule has 0 radical (unpaired) electrons. The molecule has 0 saturated heterocycles. The average Bonchev–Trinajstić information content (AvgIpc) is 2.39. The molecule has 2 rings (SSSR count). The van der Waals surface area contributed by atoms with E-state index in [9.17, 15) is 4.39 Å². The average molecular weight is 244 g/mol. The first-order valence-corrected chi connectivity index (χ1v) is 6.00. The Morgan fingerprint density at radius 2 is 2.18 bits per heavy atom. The van der Waals surface area contributed by atoms with E-state index in [-0.39, 0.29) is 5.56 Å². The molecule has 2 aromatic rings. The van der Waals surface area contributed by atoms with Crippen LogP contribution in [0.5, 0.6) is 0 Å². The van der Waals surface area contributed by atoms with Gasteiger partial charge in [0.05, 0.1) is 10.6 Å². The van der Waals surface area contributed by atoms with Crippen LogP contribution in [0.2, 0.25) is 0 Å². The predicted molar refractivity (Wildman–Crippen MR) is 64.9 cm³/mol. The maximum absolute atomic E-state index is 13.1. The van der Waals surface area contributed by atoms with Gasteiger partial charge in [-0.25, -0.2) is 9.37 Å². The summed E-state index contributed by atoms with van der Waals surface area (Å²) in [6, 6.07) is 12.1. The fourth-order valence-corrected chi connectivity index (χ4v) is 2.14. The maximum atomic E-state index is 13.1. The van der Waals surface area contributed by atoms with Crippen molar-refractivity contribution in [3.05, 3.63) is 59.5 Å². The summed E-state index contributed by atoms with van der Waals surface area (Å²) in [5, 5.41) is 9.63. The highest BCUT2D eigenvalue weighted by atomic mass is 32.2. The van der Waals surface area contributed by atoms with E-state index in [4.69, 9.17) is 5.26 Å². The number of thioether (sulfide) groups is 1. The molecule has 0 amide bonds. The molecule has 84 valence electrons. The summed E-state index contributed by atoms with van der Waals surface area (Å²) in [4.78, 5) is 4.18. The first-order valence-electron chi connectivity index (χ1n) is 5.02. The van der Waals surface area contributed by atoms with E-state index < -0.39 is 5.82 Å². The van der Waals surface area contributed by atoms with Gasteiger partial charge >= 0.3 is 0 Å². The van der Waals surface area contributed by atoms with E-state index in [2.05, 4.69) is 4.98 Å². The molecule has 4 heteroatoms. The molecule has 0 aliphatic rings. The highest BCUT2D eigenvalue weighted by molar-refractivity contribution is 7.98. The summed E-state index contributed by atoms with van der Waals surface area (Å²) < 4.78 is 13.1. The lowest BCUT2D eigenvalue weighted by Crippen LogP contribution is -1.88. The second kappa shape index (κ2) is 5.46. The molecule has 0 saturated carbocycles. The number of nitriles is 1. The van der Waals surface area contributed by atoms with Crippen LogP contribution in [0.3, 0.4) is 0 Å². The zero-order chi connectivity index (χ0) is 12.1. The van der Waals surface area contributed by atoms with Crippen molar-refractivity contribution in [1.29, 1.82) is 5.26 Å². The Bertz CT molecular complexity index is 549. The summed E-state index contributed by atoms with van der Waals surface area (Å²) >= 11 is 1.56. The molecular formula is C13H9FN2S. The van der Waals surface area contributed by atoms with Gasteiger partial charge in [0.15, 0.2) is 0 Å². The fraction of sp³-hybridized carbons (Fsp3) is 0.0769. The molecule has 0 aliphatic carbocycles. The second-order valence-electron chi connectivity index (χ2n) is 3.38. The highest BCUT2D eigenvalue weighted by Gasteiger charge is 2.03. The van der Waals surface area contributed by atoms with Gasteiger partial charge < -0.3 is 0 Å². The highest BCUT2D eigenvalue weighted by Crippen LogP contribution is 2.21. The number of aromatic nitrogens is 1. The van der Waals surface area contributed by atoms with Crippen molar-refractivity contribution in [3.63, 3.8) is 0 Å². The van der Waals surface area contributed by atoms with Gasteiger partial charge in [-0.2, -0.15) is 5.26 Å². The number of halogens is 1. The van der Waals surface area contributed by atoms with Crippen LogP contribution in [0.4, 0.5) is 4.39 Å². The zero-order valence-electron chi connectivity index (χ0n) is 8.93. The van der Waals surface area contributed by atoms with E-state index in [1.165, 1.54) is 6.07 Å². The van der Waals surface area contributed by atoms with Gasteiger partial charge in [-0.05, 0) is 29.8 Å². The van der Waals surface area contributed by atoms with Crippen molar-refractivity contribution in [2.24, 2.45) is 0 Å². The maximum Gasteiger partial charge on any atom is 0.140 e. The van der Waals surface area contributed by atoms with Crippen LogP contribution >= 0.6 is 11.8 Å². The second-order valence-corrected chi connectivity index (χ2v) is 4.38. The fourth-order valence-electron chi connectivity index (χ4n) is 1.34. The van der Waals surface area contributed by atoms with Gasteiger partial charge in [0.1, 0.15) is 11.9 Å². The van der Waals surface area contributed by atoms with Crippen LogP contribution in [-0.2, 0) is 5.75 Å². The molecule has 0 bridgehead atoms. The molecule has 1 aromatic heterocycles. The summed E-state index contributed by atoms with van der Waals surface area (Å²) in [5.74, 6) is 0.200. The van der Waals surface area contributed by atoms with Crippen molar-refractivity contribution in [2.45, 2.75) is 10.8 Å². The number of hydrogen-bond donors (Lipinski definition) is 0. The molecule has 0 spiro atoms. The first kappa shape index (κ1) is 11.6. The Balaban J connectivity index is 2.08. The largest absolute Gasteiger partial charge is 0.250 e. The normalized spacial score (nSPS) is 9.88. The third-order valence-corrected chi connectivity index (χ3v) is 3.19. The number of hydrogen-bond acceptors (Lipinski definition) is 3. The Hall–Kier alpha value is -1.86. The monoisotopic (exact) mass is 244 g/mol. The summed E-state index contributed by atoms with van der Waals surface area (Å²) in [6.07, 6.45) is 1.73. The van der Waals surface area contributed by atoms with Crippen LogP contribution in [-0.4, -0.2) is 4.98 Å². The quantitative estimate of drug-likeness (QED) is 0.776. The van der Waals surface area contributed by atoms with Gasteiger partial charge in [-0.1, -0.05) is 12.1 Å². The van der Waals surface area contributed by atoms with Crippen LogP contribution in [0.15, 0.2) is 47.6 Å². The van der Waals surface area contributed by atoms with Crippen molar-refractivity contribution < 1.29 is 4.39 Å². The number of pyridine rings is 1. The Labute approximate surface area is 103 Å². The number of nitrogens with zero attached hydrogens (tertiary/aromatic N) is 2. The van der Waals surface area contributed by atoms with E-state index in [0.717, 1.165) is 10.6 Å². The lowest BCUT2D eigenvalue weighted by atomic mass is 10.1. The topological polar surface area (TPSA) is 36.7 Å². The van der Waals surface area contributed by atoms with Crippen molar-refractivity contribution in [1.82, 2.24) is 4.98 Å². The first-order chi connectivity index (χ1) is 8.29. The molecule has 1 heterocycles. The minimum Gasteiger partial charge on any atom is -0.250 e. The molecule has 0 unspecified atom stereocenters. The summed E-state index contributed by atoms with van der Waals surface area (Å²) in [6.45, 7) is 0. The van der Waals surface area contributed by atoms with Crippen LogP contribution in [0.1, 0.15) is 11.1 Å². The number of benzene rings is 1. The Morgan fingerprint density at radius 1 is 1.29 bits per heavy atom. The smallest absolute Gasteiger partial charge is 0.140 e. The van der Waals surface area contributed by atoms with Crippen molar-refractivity contribution in [2.75, 3.05) is 0 Å². The SMILES string of the molecule is N#Cc1cc(CSc2ccccn2)ccc1F. The minimum atomic E-state index is -0.473. The summed E-state index contributed by atoms with van der Waals surface area (Å²) in [5.41, 5.74) is 1.00. The van der Waals surface area contributed by atoms with Gasteiger partial charge in [0.2, 0.25) is 0 Å². The zero-order valence-corrected chi connectivity index (χ0v) is 9.75. The minimum absolute atomic E-state index is 0.0871. The lowest BCUT2D eigenvalue weighted by molar-refractivity contribution is 0.623. The van der Waals surface area contributed by atoms with Crippen LogP contribution < -0.4 is 0 Å². The standard InChI is InChI=1S/C13H9FN2S/c14-12-5-4-10(7-11(12)8-15)9-17-13-3-1-2-6-16-13/h1-7H,9H2. The van der Waals surface area contributed by atoms with Crippen LogP contribution in [0, 0.1) is 17.1 Å². The third-order valence-electron chi connectivity index (χ3n) is 2.18. The molecule has 0 aliphatic heterocycles. The van der Waals surface area contributed by atoms with Crippen molar-refractivity contribution >= 4 is 11.8 Å². The Morgan fingerprint density at radius 3 is 2.88 bits per heavy atom. The lowest BCUT2D eigenvalue weighted by Gasteiger charge is -2.02. The molecule has 0 fully saturated rings. The van der Waals surface area contributed by atoms with Gasteiger partial charge in [-0.3, -0.25) is 0 Å². The van der Waals surface area contributed by atoms with Gasteiger partial charge in [-0.15, -0.1) is 11.8 Å². The molecule has 1 aromatic carbocycles. The third kappa shape index (κ3) is 3.05. The molecular weight excluding hydrogens is 235 g/mol. The molecule has 0 N–H and O–H groups in total. The van der Waals surface area contributed by atoms with E-state index in [1.54, 1.807) is 30.1 Å². The molecule has 0 atom stereocenters. The van der Waals surface area contributed by atoms with E-state index >= 15 is 0 Å².